The Bertz CT molecular complexity index is 1340. The summed E-state index contributed by atoms with van der Waals surface area (Å²) in [6.07, 6.45) is 1.61. The van der Waals surface area contributed by atoms with Gasteiger partial charge in [-0.3, -0.25) is 14.0 Å². The number of fused-ring (bicyclic) bond motifs is 2. The Hall–Kier alpha value is -3.87. The summed E-state index contributed by atoms with van der Waals surface area (Å²) in [5, 5.41) is 0.538. The summed E-state index contributed by atoms with van der Waals surface area (Å²) in [7, 11) is 1.66. The molecule has 1 amide bonds. The largest absolute Gasteiger partial charge is 0.497 e. The molecule has 0 bridgehead atoms. The van der Waals surface area contributed by atoms with Gasteiger partial charge in [0.2, 0.25) is 0 Å². The van der Waals surface area contributed by atoms with Gasteiger partial charge in [0.25, 0.3) is 11.5 Å². The summed E-state index contributed by atoms with van der Waals surface area (Å²) in [6.45, 7) is 2.69. The first-order chi connectivity index (χ1) is 15.1. The number of carbonyl (C=O) groups is 1. The minimum Gasteiger partial charge on any atom is -0.497 e. The maximum Gasteiger partial charge on any atom is 0.265 e. The number of piperazine rings is 1. The van der Waals surface area contributed by atoms with Crippen LogP contribution in [0.5, 0.6) is 5.75 Å². The second-order valence-corrected chi connectivity index (χ2v) is 7.56. The first kappa shape index (κ1) is 19.1. The van der Waals surface area contributed by atoms with Gasteiger partial charge in [0.1, 0.15) is 11.4 Å². The molecular formula is C24H22N4O3. The normalized spacial score (nSPS) is 14.2. The van der Waals surface area contributed by atoms with Crippen LogP contribution in [0.25, 0.3) is 16.6 Å². The zero-order valence-electron chi connectivity index (χ0n) is 17.2. The van der Waals surface area contributed by atoms with Crippen molar-refractivity contribution in [1.29, 1.82) is 0 Å². The first-order valence-electron chi connectivity index (χ1n) is 10.2. The Labute approximate surface area is 179 Å². The number of carbonyl (C=O) groups excluding carboxylic acids is 1. The Morgan fingerprint density at radius 3 is 2.58 bits per heavy atom. The molecule has 0 N–H and O–H groups in total. The van der Waals surface area contributed by atoms with Crippen LogP contribution in [0.1, 0.15) is 10.4 Å². The van der Waals surface area contributed by atoms with Crippen LogP contribution in [0, 0.1) is 0 Å². The molecule has 1 aliphatic rings. The number of rotatable bonds is 3. The molecule has 2 aromatic carbocycles. The van der Waals surface area contributed by atoms with Gasteiger partial charge in [0.05, 0.1) is 23.6 Å². The topological polar surface area (TPSA) is 67.2 Å². The molecule has 0 atom stereocenters. The van der Waals surface area contributed by atoms with Crippen molar-refractivity contribution in [3.63, 3.8) is 0 Å². The van der Waals surface area contributed by atoms with Crippen LogP contribution in [-0.2, 0) is 0 Å². The molecule has 4 aromatic rings. The van der Waals surface area contributed by atoms with Crippen LogP contribution in [0.2, 0.25) is 0 Å². The molecule has 0 radical (unpaired) electrons. The SMILES string of the molecule is COc1cccc(N2CCN(C(=O)c3ccc4nc5ccccc5c(=O)n4c3)CC2)c1. The summed E-state index contributed by atoms with van der Waals surface area (Å²) in [5.74, 6) is 0.742. The third-order valence-corrected chi connectivity index (χ3v) is 5.75. The summed E-state index contributed by atoms with van der Waals surface area (Å²) in [4.78, 5) is 34.6. The molecule has 31 heavy (non-hydrogen) atoms. The lowest BCUT2D eigenvalue weighted by molar-refractivity contribution is 0.0746. The third kappa shape index (κ3) is 3.48. The summed E-state index contributed by atoms with van der Waals surface area (Å²) in [5.41, 5.74) is 2.59. The van der Waals surface area contributed by atoms with Crippen molar-refractivity contribution < 1.29 is 9.53 Å². The van der Waals surface area contributed by atoms with Crippen molar-refractivity contribution >= 4 is 28.1 Å². The third-order valence-electron chi connectivity index (χ3n) is 5.75. The number of benzene rings is 2. The maximum absolute atomic E-state index is 13.1. The second-order valence-electron chi connectivity index (χ2n) is 7.56. The highest BCUT2D eigenvalue weighted by molar-refractivity contribution is 5.94. The minimum atomic E-state index is -0.168. The quantitative estimate of drug-likeness (QED) is 0.483. The molecule has 7 heteroatoms. The average molecular weight is 414 g/mol. The van der Waals surface area contributed by atoms with Gasteiger partial charge >= 0.3 is 0 Å². The van der Waals surface area contributed by atoms with Crippen molar-refractivity contribution in [2.24, 2.45) is 0 Å². The highest BCUT2D eigenvalue weighted by Crippen LogP contribution is 2.22. The Morgan fingerprint density at radius 1 is 0.968 bits per heavy atom. The highest BCUT2D eigenvalue weighted by Gasteiger charge is 2.23. The molecule has 0 saturated carbocycles. The van der Waals surface area contributed by atoms with E-state index < -0.39 is 0 Å². The van der Waals surface area contributed by atoms with Crippen molar-refractivity contribution in [1.82, 2.24) is 14.3 Å². The summed E-state index contributed by atoms with van der Waals surface area (Å²) in [6, 6.07) is 18.7. The van der Waals surface area contributed by atoms with E-state index in [1.165, 1.54) is 4.40 Å². The van der Waals surface area contributed by atoms with Gasteiger partial charge in [0, 0.05) is 44.1 Å². The smallest absolute Gasteiger partial charge is 0.265 e. The van der Waals surface area contributed by atoms with Gasteiger partial charge in [-0.25, -0.2) is 4.98 Å². The number of para-hydroxylation sites is 1. The summed E-state index contributed by atoms with van der Waals surface area (Å²) >= 11 is 0. The number of anilines is 1. The predicted molar refractivity (Wildman–Crippen MR) is 120 cm³/mol. The maximum atomic E-state index is 13.1. The van der Waals surface area contributed by atoms with Crippen molar-refractivity contribution in [2.45, 2.75) is 0 Å². The lowest BCUT2D eigenvalue weighted by atomic mass is 10.2. The number of pyridine rings is 1. The molecule has 2 aromatic heterocycles. The number of methoxy groups -OCH3 is 1. The van der Waals surface area contributed by atoms with Crippen LogP contribution in [-0.4, -0.2) is 53.5 Å². The molecule has 1 aliphatic heterocycles. The number of aromatic nitrogens is 2. The zero-order chi connectivity index (χ0) is 21.4. The van der Waals surface area contributed by atoms with Gasteiger partial charge in [0.15, 0.2) is 0 Å². The average Bonchev–Trinajstić information content (AvgIpc) is 2.84. The number of amides is 1. The standard InChI is InChI=1S/C24H22N4O3/c1-31-19-6-4-5-18(15-19)26-11-13-27(14-12-26)23(29)17-9-10-22-25-21-8-3-2-7-20(21)24(30)28(22)16-17/h2-10,15-16H,11-14H2,1H3. The molecule has 0 unspecified atom stereocenters. The van der Waals surface area contributed by atoms with E-state index in [4.69, 9.17) is 4.74 Å². The number of hydrogen-bond donors (Lipinski definition) is 0. The molecular weight excluding hydrogens is 392 g/mol. The highest BCUT2D eigenvalue weighted by atomic mass is 16.5. The molecule has 0 spiro atoms. The Morgan fingerprint density at radius 2 is 1.77 bits per heavy atom. The van der Waals surface area contributed by atoms with Crippen LogP contribution in [0.4, 0.5) is 5.69 Å². The molecule has 3 heterocycles. The van der Waals surface area contributed by atoms with Crippen molar-refractivity contribution in [2.75, 3.05) is 38.2 Å². The van der Waals surface area contributed by atoms with E-state index in [0.717, 1.165) is 24.5 Å². The van der Waals surface area contributed by atoms with Crippen molar-refractivity contribution in [3.05, 3.63) is 82.8 Å². The molecule has 1 fully saturated rings. The monoisotopic (exact) mass is 414 g/mol. The number of hydrogen-bond acceptors (Lipinski definition) is 5. The van der Waals surface area contributed by atoms with E-state index in [-0.39, 0.29) is 11.5 Å². The summed E-state index contributed by atoms with van der Waals surface area (Å²) < 4.78 is 6.77. The number of nitrogens with zero attached hydrogens (tertiary/aromatic N) is 4. The lowest BCUT2D eigenvalue weighted by Gasteiger charge is -2.36. The van der Waals surface area contributed by atoms with Crippen LogP contribution in [0.3, 0.4) is 0 Å². The van der Waals surface area contributed by atoms with Crippen LogP contribution >= 0.6 is 0 Å². The Balaban J connectivity index is 1.37. The van der Waals surface area contributed by atoms with E-state index in [2.05, 4.69) is 9.88 Å². The van der Waals surface area contributed by atoms with Crippen LogP contribution < -0.4 is 15.2 Å². The van der Waals surface area contributed by atoms with E-state index in [0.29, 0.717) is 35.2 Å². The van der Waals surface area contributed by atoms with E-state index in [9.17, 15) is 9.59 Å². The molecule has 1 saturated heterocycles. The molecule has 156 valence electrons. The van der Waals surface area contributed by atoms with Gasteiger partial charge in [-0.1, -0.05) is 18.2 Å². The fourth-order valence-electron chi connectivity index (χ4n) is 4.04. The lowest BCUT2D eigenvalue weighted by Crippen LogP contribution is -2.48. The van der Waals surface area contributed by atoms with Crippen LogP contribution in [0.15, 0.2) is 71.7 Å². The molecule has 0 aliphatic carbocycles. The van der Waals surface area contributed by atoms with E-state index in [1.807, 2.05) is 47.4 Å². The van der Waals surface area contributed by atoms with Gasteiger partial charge in [-0.15, -0.1) is 0 Å². The molecule has 5 rings (SSSR count). The van der Waals surface area contributed by atoms with E-state index >= 15 is 0 Å². The zero-order valence-corrected chi connectivity index (χ0v) is 17.2. The Kier molecular flexibility index (Phi) is 4.78. The van der Waals surface area contributed by atoms with Gasteiger partial charge in [-0.2, -0.15) is 0 Å². The van der Waals surface area contributed by atoms with Crippen molar-refractivity contribution in [3.8, 4) is 5.75 Å². The van der Waals surface area contributed by atoms with Gasteiger partial charge in [-0.05, 0) is 36.4 Å². The van der Waals surface area contributed by atoms with Gasteiger partial charge < -0.3 is 14.5 Å². The predicted octanol–water partition coefficient (Wildman–Crippen LogP) is 2.82. The van der Waals surface area contributed by atoms with E-state index in [1.54, 1.807) is 31.5 Å². The molecule has 7 nitrogen and oxygen atoms in total. The fraction of sp³-hybridized carbons (Fsp3) is 0.208. The second kappa shape index (κ2) is 7.75. The first-order valence-corrected chi connectivity index (χ1v) is 10.2. The fourth-order valence-corrected chi connectivity index (χ4v) is 4.04. The minimum absolute atomic E-state index is 0.0766. The number of ether oxygens (including phenoxy) is 1.